The molecule has 1 N–H and O–H groups in total. The summed E-state index contributed by atoms with van der Waals surface area (Å²) in [7, 11) is 0. The van der Waals surface area contributed by atoms with Crippen molar-refractivity contribution in [2.24, 2.45) is 0 Å². The van der Waals surface area contributed by atoms with E-state index in [0.717, 1.165) is 18.5 Å². The predicted octanol–water partition coefficient (Wildman–Crippen LogP) is 4.43. The van der Waals surface area contributed by atoms with E-state index in [1.165, 1.54) is 11.6 Å². The van der Waals surface area contributed by atoms with Crippen LogP contribution < -0.4 is 5.32 Å². The Labute approximate surface area is 116 Å². The lowest BCUT2D eigenvalue weighted by Crippen LogP contribution is -2.21. The van der Waals surface area contributed by atoms with Gasteiger partial charge in [0.1, 0.15) is 5.82 Å². The molecule has 2 aromatic rings. The van der Waals surface area contributed by atoms with Gasteiger partial charge in [-0.15, -0.1) is 0 Å². The SMILES string of the molecule is CC(NCCc1ccsc1)c1ccc(F)c(Cl)c1. The number of hydrogen-bond donors (Lipinski definition) is 1. The van der Waals surface area contributed by atoms with Crippen molar-refractivity contribution in [2.45, 2.75) is 19.4 Å². The third kappa shape index (κ3) is 3.55. The van der Waals surface area contributed by atoms with E-state index in [0.29, 0.717) is 0 Å². The number of halogens is 2. The van der Waals surface area contributed by atoms with Crippen LogP contribution in [-0.4, -0.2) is 6.54 Å². The highest BCUT2D eigenvalue weighted by Gasteiger charge is 2.07. The van der Waals surface area contributed by atoms with Gasteiger partial charge < -0.3 is 5.32 Å². The maximum absolute atomic E-state index is 13.0. The van der Waals surface area contributed by atoms with Gasteiger partial charge in [0.25, 0.3) is 0 Å². The number of thiophene rings is 1. The molecule has 1 aromatic heterocycles. The topological polar surface area (TPSA) is 12.0 Å². The molecular weight excluding hydrogens is 269 g/mol. The standard InChI is InChI=1S/C14H15ClFNS/c1-10(12-2-3-14(16)13(15)8-12)17-6-4-11-5-7-18-9-11/h2-3,5,7-10,17H,4,6H2,1H3. The van der Waals surface area contributed by atoms with Gasteiger partial charge in [-0.1, -0.05) is 17.7 Å². The lowest BCUT2D eigenvalue weighted by Gasteiger charge is -2.14. The Morgan fingerprint density at radius 2 is 2.22 bits per heavy atom. The van der Waals surface area contributed by atoms with Crippen molar-refractivity contribution in [1.29, 1.82) is 0 Å². The third-order valence-electron chi connectivity index (χ3n) is 2.89. The molecule has 0 saturated heterocycles. The third-order valence-corrected chi connectivity index (χ3v) is 3.91. The first-order valence-corrected chi connectivity index (χ1v) is 7.18. The van der Waals surface area contributed by atoms with Gasteiger partial charge in [0, 0.05) is 6.04 Å². The second-order valence-corrected chi connectivity index (χ2v) is 5.42. The zero-order valence-corrected chi connectivity index (χ0v) is 11.7. The Kier molecular flexibility index (Phi) is 4.75. The maximum atomic E-state index is 13.0. The van der Waals surface area contributed by atoms with Crippen LogP contribution in [0.3, 0.4) is 0 Å². The van der Waals surface area contributed by atoms with E-state index in [-0.39, 0.29) is 16.9 Å². The lowest BCUT2D eigenvalue weighted by molar-refractivity contribution is 0.573. The normalized spacial score (nSPS) is 12.6. The monoisotopic (exact) mass is 283 g/mol. The van der Waals surface area contributed by atoms with E-state index >= 15 is 0 Å². The summed E-state index contributed by atoms with van der Waals surface area (Å²) < 4.78 is 13.0. The van der Waals surface area contributed by atoms with Crippen LogP contribution in [0.4, 0.5) is 4.39 Å². The van der Waals surface area contributed by atoms with Crippen LogP contribution in [0.1, 0.15) is 24.1 Å². The smallest absolute Gasteiger partial charge is 0.141 e. The van der Waals surface area contributed by atoms with E-state index in [1.54, 1.807) is 23.5 Å². The molecule has 0 spiro atoms. The summed E-state index contributed by atoms with van der Waals surface area (Å²) in [6.07, 6.45) is 1.00. The molecular formula is C14H15ClFNS. The molecule has 1 nitrogen and oxygen atoms in total. The fraction of sp³-hybridized carbons (Fsp3) is 0.286. The molecule has 0 amide bonds. The molecule has 4 heteroatoms. The Morgan fingerprint density at radius 1 is 1.39 bits per heavy atom. The van der Waals surface area contributed by atoms with Crippen LogP contribution in [0.2, 0.25) is 5.02 Å². The highest BCUT2D eigenvalue weighted by Crippen LogP contribution is 2.20. The van der Waals surface area contributed by atoms with Gasteiger partial charge in [0.2, 0.25) is 0 Å². The Bertz CT molecular complexity index is 499. The first-order chi connectivity index (χ1) is 8.66. The molecule has 1 aromatic carbocycles. The van der Waals surface area contributed by atoms with Crippen molar-refractivity contribution >= 4 is 22.9 Å². The molecule has 0 aliphatic carbocycles. The summed E-state index contributed by atoms with van der Waals surface area (Å²) in [6.45, 7) is 2.95. The molecule has 1 heterocycles. The van der Waals surface area contributed by atoms with Gasteiger partial charge in [0.15, 0.2) is 0 Å². The maximum Gasteiger partial charge on any atom is 0.141 e. The molecule has 0 aliphatic heterocycles. The molecule has 0 radical (unpaired) electrons. The van der Waals surface area contributed by atoms with Crippen LogP contribution in [-0.2, 0) is 6.42 Å². The van der Waals surface area contributed by atoms with Crippen LogP contribution >= 0.6 is 22.9 Å². The van der Waals surface area contributed by atoms with Gasteiger partial charge in [-0.25, -0.2) is 4.39 Å². The van der Waals surface area contributed by atoms with Crippen LogP contribution in [0, 0.1) is 5.82 Å². The minimum absolute atomic E-state index is 0.168. The number of hydrogen-bond acceptors (Lipinski definition) is 2. The highest BCUT2D eigenvalue weighted by molar-refractivity contribution is 7.07. The zero-order chi connectivity index (χ0) is 13.0. The van der Waals surface area contributed by atoms with Gasteiger partial charge in [0.05, 0.1) is 5.02 Å². The summed E-state index contributed by atoms with van der Waals surface area (Å²) in [4.78, 5) is 0. The molecule has 0 fully saturated rings. The summed E-state index contributed by atoms with van der Waals surface area (Å²) in [5.74, 6) is -0.370. The molecule has 18 heavy (non-hydrogen) atoms. The minimum Gasteiger partial charge on any atom is -0.310 e. The number of nitrogens with one attached hydrogen (secondary N) is 1. The van der Waals surface area contributed by atoms with E-state index in [4.69, 9.17) is 11.6 Å². The van der Waals surface area contributed by atoms with Crippen LogP contribution in [0.15, 0.2) is 35.0 Å². The summed E-state index contributed by atoms with van der Waals surface area (Å²) >= 11 is 7.48. The Balaban J connectivity index is 1.87. The van der Waals surface area contributed by atoms with Crippen molar-refractivity contribution in [3.8, 4) is 0 Å². The minimum atomic E-state index is -0.370. The second kappa shape index (κ2) is 6.32. The number of rotatable bonds is 5. The van der Waals surface area contributed by atoms with Gasteiger partial charge in [-0.05, 0) is 60.0 Å². The van der Waals surface area contributed by atoms with Gasteiger partial charge in [-0.3, -0.25) is 0 Å². The average Bonchev–Trinajstić information content (AvgIpc) is 2.85. The molecule has 0 aliphatic rings. The summed E-state index contributed by atoms with van der Waals surface area (Å²) in [6, 6.07) is 7.16. The predicted molar refractivity (Wildman–Crippen MR) is 75.9 cm³/mol. The van der Waals surface area contributed by atoms with Crippen molar-refractivity contribution in [3.63, 3.8) is 0 Å². The molecule has 0 bridgehead atoms. The molecule has 1 atom stereocenters. The summed E-state index contributed by atoms with van der Waals surface area (Å²) in [5, 5.41) is 7.82. The van der Waals surface area contributed by atoms with Crippen LogP contribution in [0.5, 0.6) is 0 Å². The van der Waals surface area contributed by atoms with Crippen LogP contribution in [0.25, 0.3) is 0 Å². The fourth-order valence-electron chi connectivity index (χ4n) is 1.77. The second-order valence-electron chi connectivity index (χ2n) is 4.23. The number of benzene rings is 1. The van der Waals surface area contributed by atoms with Crippen molar-refractivity contribution in [1.82, 2.24) is 5.32 Å². The first-order valence-electron chi connectivity index (χ1n) is 5.86. The molecule has 1 unspecified atom stereocenters. The van der Waals surface area contributed by atoms with E-state index in [1.807, 2.05) is 0 Å². The van der Waals surface area contributed by atoms with E-state index in [9.17, 15) is 4.39 Å². The average molecular weight is 284 g/mol. The lowest BCUT2D eigenvalue weighted by atomic mass is 10.1. The molecule has 96 valence electrons. The quantitative estimate of drug-likeness (QED) is 0.856. The largest absolute Gasteiger partial charge is 0.310 e. The van der Waals surface area contributed by atoms with Gasteiger partial charge >= 0.3 is 0 Å². The molecule has 0 saturated carbocycles. The zero-order valence-electron chi connectivity index (χ0n) is 10.1. The van der Waals surface area contributed by atoms with Crippen molar-refractivity contribution in [2.75, 3.05) is 6.54 Å². The van der Waals surface area contributed by atoms with E-state index < -0.39 is 0 Å². The highest BCUT2D eigenvalue weighted by atomic mass is 35.5. The van der Waals surface area contributed by atoms with E-state index in [2.05, 4.69) is 29.1 Å². The van der Waals surface area contributed by atoms with Gasteiger partial charge in [-0.2, -0.15) is 11.3 Å². The molecule has 2 rings (SSSR count). The van der Waals surface area contributed by atoms with Crippen molar-refractivity contribution in [3.05, 3.63) is 57.0 Å². The first kappa shape index (κ1) is 13.5. The summed E-state index contributed by atoms with van der Waals surface area (Å²) in [5.41, 5.74) is 2.35. The Morgan fingerprint density at radius 3 is 2.89 bits per heavy atom. The van der Waals surface area contributed by atoms with Crippen molar-refractivity contribution < 1.29 is 4.39 Å². The Hall–Kier alpha value is -0.900. The fourth-order valence-corrected chi connectivity index (χ4v) is 2.66.